The molecule has 0 aliphatic heterocycles. The average Bonchev–Trinajstić information content (AvgIpc) is 3.09. The van der Waals surface area contributed by atoms with Gasteiger partial charge in [-0.05, 0) is 54.9 Å². The molecule has 1 heterocycles. The van der Waals surface area contributed by atoms with Crippen molar-refractivity contribution >= 4 is 0 Å². The van der Waals surface area contributed by atoms with Crippen molar-refractivity contribution in [2.24, 2.45) is 5.41 Å². The molecule has 0 amide bonds. The molecule has 28 heavy (non-hydrogen) atoms. The second-order valence-electron chi connectivity index (χ2n) is 8.00. The second-order valence-corrected chi connectivity index (χ2v) is 8.00. The number of rotatable bonds is 8. The van der Waals surface area contributed by atoms with Gasteiger partial charge in [0.05, 0.1) is 0 Å². The highest BCUT2D eigenvalue weighted by Gasteiger charge is 2.16. The number of nitrogens with zero attached hydrogens (tertiary/aromatic N) is 1. The van der Waals surface area contributed by atoms with Gasteiger partial charge in [-0.25, -0.2) is 0 Å². The van der Waals surface area contributed by atoms with Crippen molar-refractivity contribution in [3.8, 4) is 11.3 Å². The molecule has 0 aliphatic rings. The Labute approximate surface area is 171 Å². The van der Waals surface area contributed by atoms with E-state index in [0.717, 1.165) is 12.8 Å². The van der Waals surface area contributed by atoms with E-state index < -0.39 is 6.29 Å². The van der Waals surface area contributed by atoms with Crippen LogP contribution in [0.5, 0.6) is 0 Å². The third-order valence-electron chi connectivity index (χ3n) is 5.09. The predicted octanol–water partition coefficient (Wildman–Crippen LogP) is 5.97. The van der Waals surface area contributed by atoms with Crippen LogP contribution in [0.2, 0.25) is 0 Å². The molecule has 1 aromatic heterocycles. The molecule has 2 rings (SSSR count). The largest absolute Gasteiger partial charge is 0.365 e. The zero-order valence-electron chi connectivity index (χ0n) is 18.2. The van der Waals surface area contributed by atoms with Crippen LogP contribution in [0.25, 0.3) is 11.3 Å². The summed E-state index contributed by atoms with van der Waals surface area (Å²) in [6.45, 7) is 14.5. The van der Waals surface area contributed by atoms with Crippen molar-refractivity contribution in [3.05, 3.63) is 72.5 Å². The Morgan fingerprint density at radius 2 is 1.82 bits per heavy atom. The fraction of sp³-hybridized carbons (Fsp3) is 0.440. The quantitative estimate of drug-likeness (QED) is 0.435. The Morgan fingerprint density at radius 3 is 2.36 bits per heavy atom. The minimum Gasteiger partial charge on any atom is -0.365 e. The van der Waals surface area contributed by atoms with Gasteiger partial charge in [-0.15, -0.1) is 6.58 Å². The summed E-state index contributed by atoms with van der Waals surface area (Å²) >= 11 is 0. The van der Waals surface area contributed by atoms with Crippen LogP contribution >= 0.6 is 0 Å². The number of aryl methyl sites for hydroxylation is 1. The fourth-order valence-electron chi connectivity index (χ4n) is 2.72. The number of aliphatic hydroxyl groups excluding tert-OH is 1. The fourth-order valence-corrected chi connectivity index (χ4v) is 2.72. The number of hydrogen-bond donors (Lipinski definition) is 2. The maximum atomic E-state index is 9.27. The van der Waals surface area contributed by atoms with E-state index in [1.807, 2.05) is 31.2 Å². The first-order valence-corrected chi connectivity index (χ1v) is 10.1. The first kappa shape index (κ1) is 23.9. The van der Waals surface area contributed by atoms with Crippen molar-refractivity contribution in [2.75, 3.05) is 0 Å². The Balaban J connectivity index is 0.00000122. The summed E-state index contributed by atoms with van der Waals surface area (Å²) in [5.74, 6) is 0. The maximum absolute atomic E-state index is 9.27. The predicted molar refractivity (Wildman–Crippen MR) is 120 cm³/mol. The summed E-state index contributed by atoms with van der Waals surface area (Å²) in [6.07, 6.45) is 7.82. The molecular formula is C25H37NO2. The van der Waals surface area contributed by atoms with Gasteiger partial charge < -0.3 is 14.8 Å². The normalized spacial score (nSPS) is 11.9. The Hall–Kier alpha value is -2.10. The molecule has 3 heteroatoms. The van der Waals surface area contributed by atoms with E-state index in [2.05, 4.69) is 56.3 Å². The van der Waals surface area contributed by atoms with Crippen LogP contribution in [0.15, 0.2) is 66.9 Å². The molecule has 0 saturated carbocycles. The van der Waals surface area contributed by atoms with E-state index in [0.29, 0.717) is 17.5 Å². The topological polar surface area (TPSA) is 45.4 Å². The van der Waals surface area contributed by atoms with Crippen LogP contribution in [-0.4, -0.2) is 21.1 Å². The monoisotopic (exact) mass is 383 g/mol. The van der Waals surface area contributed by atoms with Gasteiger partial charge in [0.25, 0.3) is 0 Å². The molecule has 0 saturated heterocycles. The molecule has 0 atom stereocenters. The lowest BCUT2D eigenvalue weighted by molar-refractivity contribution is -0.00792. The van der Waals surface area contributed by atoms with Crippen molar-refractivity contribution in [1.82, 2.24) is 4.57 Å². The van der Waals surface area contributed by atoms with Crippen molar-refractivity contribution in [3.63, 3.8) is 0 Å². The first-order chi connectivity index (χ1) is 13.2. The van der Waals surface area contributed by atoms with E-state index >= 15 is 0 Å². The smallest absolute Gasteiger partial charge is 0.174 e. The van der Waals surface area contributed by atoms with Crippen LogP contribution < -0.4 is 0 Å². The number of benzene rings is 1. The number of hydrogen-bond acceptors (Lipinski definition) is 2. The molecule has 2 N–H and O–H groups in total. The first-order valence-electron chi connectivity index (χ1n) is 10.1. The van der Waals surface area contributed by atoms with Crippen LogP contribution in [0.3, 0.4) is 0 Å². The lowest BCUT2D eigenvalue weighted by Gasteiger charge is -2.21. The molecule has 0 bridgehead atoms. The van der Waals surface area contributed by atoms with Crippen LogP contribution in [0.1, 0.15) is 53.0 Å². The van der Waals surface area contributed by atoms with Gasteiger partial charge in [0, 0.05) is 18.4 Å². The average molecular weight is 384 g/mol. The molecular weight excluding hydrogens is 346 g/mol. The van der Waals surface area contributed by atoms with E-state index in [4.69, 9.17) is 0 Å². The number of allylic oxidation sites excluding steroid dienone is 2. The SMILES string of the molecule is C=CC.CCC(C)(C)CCc1cc(-c2ccccc2)n(C/C=C(\C)C(O)O)c1. The second kappa shape index (κ2) is 11.7. The minimum atomic E-state index is -1.39. The standard InChI is InChI=1S/C22H31NO2.C3H6/c1-5-22(3,4)13-11-18-15-20(19-9-7-6-8-10-19)23(16-18)14-12-17(2)21(24)25;1-3-2/h6-10,12,15-16,21,24-25H,5,11,13-14H2,1-4H3;3H,1H2,2H3/b17-12+;. The minimum absolute atomic E-state index is 0.354. The molecule has 1 aromatic carbocycles. The molecule has 3 nitrogen and oxygen atoms in total. The molecule has 0 spiro atoms. The summed E-state index contributed by atoms with van der Waals surface area (Å²) < 4.78 is 2.19. The molecule has 0 unspecified atom stereocenters. The zero-order valence-corrected chi connectivity index (χ0v) is 18.2. The lowest BCUT2D eigenvalue weighted by Crippen LogP contribution is -2.10. The third-order valence-corrected chi connectivity index (χ3v) is 5.09. The molecule has 0 fully saturated rings. The number of aromatic nitrogens is 1. The van der Waals surface area contributed by atoms with Gasteiger partial charge in [-0.2, -0.15) is 0 Å². The van der Waals surface area contributed by atoms with Crippen LogP contribution in [-0.2, 0) is 13.0 Å². The van der Waals surface area contributed by atoms with Gasteiger partial charge >= 0.3 is 0 Å². The molecule has 2 aromatic rings. The highest BCUT2D eigenvalue weighted by atomic mass is 16.5. The van der Waals surface area contributed by atoms with Gasteiger partial charge in [-0.1, -0.05) is 69.7 Å². The Bertz CT molecular complexity index is 739. The van der Waals surface area contributed by atoms with E-state index in [1.54, 1.807) is 13.0 Å². The summed E-state index contributed by atoms with van der Waals surface area (Å²) in [5, 5.41) is 18.5. The van der Waals surface area contributed by atoms with Gasteiger partial charge in [0.15, 0.2) is 6.29 Å². The van der Waals surface area contributed by atoms with E-state index in [9.17, 15) is 10.2 Å². The van der Waals surface area contributed by atoms with Crippen LogP contribution in [0, 0.1) is 5.41 Å². The van der Waals surface area contributed by atoms with Crippen LogP contribution in [0.4, 0.5) is 0 Å². The molecule has 0 aliphatic carbocycles. The van der Waals surface area contributed by atoms with Gasteiger partial charge in [-0.3, -0.25) is 0 Å². The van der Waals surface area contributed by atoms with E-state index in [-0.39, 0.29) is 0 Å². The van der Waals surface area contributed by atoms with Crippen molar-refractivity contribution in [2.45, 2.75) is 66.7 Å². The molecule has 0 radical (unpaired) electrons. The Morgan fingerprint density at radius 1 is 1.21 bits per heavy atom. The number of aliphatic hydroxyl groups is 2. The van der Waals surface area contributed by atoms with Crippen molar-refractivity contribution in [1.29, 1.82) is 0 Å². The highest BCUT2D eigenvalue weighted by molar-refractivity contribution is 5.61. The summed E-state index contributed by atoms with van der Waals surface area (Å²) in [4.78, 5) is 0. The summed E-state index contributed by atoms with van der Waals surface area (Å²) in [7, 11) is 0. The van der Waals surface area contributed by atoms with Gasteiger partial charge in [0.1, 0.15) is 0 Å². The zero-order chi connectivity index (χ0) is 21.2. The Kier molecular flexibility index (Phi) is 9.98. The third kappa shape index (κ3) is 7.87. The maximum Gasteiger partial charge on any atom is 0.174 e. The summed E-state index contributed by atoms with van der Waals surface area (Å²) in [6, 6.07) is 12.6. The highest BCUT2D eigenvalue weighted by Crippen LogP contribution is 2.29. The van der Waals surface area contributed by atoms with Crippen molar-refractivity contribution < 1.29 is 10.2 Å². The summed E-state index contributed by atoms with van der Waals surface area (Å²) in [5.41, 5.74) is 4.60. The van der Waals surface area contributed by atoms with E-state index in [1.165, 1.54) is 23.2 Å². The van der Waals surface area contributed by atoms with Gasteiger partial charge in [0.2, 0.25) is 0 Å². The molecule has 154 valence electrons. The lowest BCUT2D eigenvalue weighted by atomic mass is 9.84.